The van der Waals surface area contributed by atoms with Crippen LogP contribution < -0.4 is 10.9 Å². The summed E-state index contributed by atoms with van der Waals surface area (Å²) >= 11 is 1.41. The Kier molecular flexibility index (Phi) is 4.26. The van der Waals surface area contributed by atoms with E-state index in [1.807, 2.05) is 55.5 Å². The molecule has 0 fully saturated rings. The van der Waals surface area contributed by atoms with Gasteiger partial charge in [0.25, 0.3) is 5.56 Å². The average Bonchev–Trinajstić information content (AvgIpc) is 3.03. The Balaban J connectivity index is 1.54. The number of nitrogens with one attached hydrogen (secondary N) is 1. The summed E-state index contributed by atoms with van der Waals surface area (Å²) in [6, 6.07) is 15.8. The van der Waals surface area contributed by atoms with Gasteiger partial charge in [0.1, 0.15) is 11.2 Å². The minimum Gasteiger partial charge on any atom is -0.350 e. The number of amides is 1. The Morgan fingerprint density at radius 2 is 1.92 bits per heavy atom. The highest BCUT2D eigenvalue weighted by Crippen LogP contribution is 2.29. The van der Waals surface area contributed by atoms with Crippen LogP contribution in [0.4, 0.5) is 0 Å². The fourth-order valence-corrected chi connectivity index (χ4v) is 3.95. The molecule has 1 N–H and O–H groups in total. The van der Waals surface area contributed by atoms with Crippen molar-refractivity contribution in [2.24, 2.45) is 0 Å². The monoisotopic (exact) mass is 363 g/mol. The highest BCUT2D eigenvalue weighted by atomic mass is 32.1. The minimum absolute atomic E-state index is 0.0398. The van der Waals surface area contributed by atoms with Crippen LogP contribution in [0.25, 0.3) is 20.3 Å². The van der Waals surface area contributed by atoms with Gasteiger partial charge >= 0.3 is 0 Å². The standard InChI is InChI=1S/C20H17N3O2S/c1-13-6-8-14(9-7-13)10-21-17(24)11-23-12-22-18-15-4-2-3-5-16(15)26-19(18)20(23)25/h2-9,12H,10-11H2,1H3,(H,21,24). The molecule has 6 heteroatoms. The van der Waals surface area contributed by atoms with Gasteiger partial charge in [0.05, 0.1) is 11.8 Å². The smallest absolute Gasteiger partial charge is 0.271 e. The third-order valence-corrected chi connectivity index (χ3v) is 5.42. The molecule has 1 amide bonds. The van der Waals surface area contributed by atoms with Gasteiger partial charge in [-0.2, -0.15) is 0 Å². The van der Waals surface area contributed by atoms with Crippen molar-refractivity contribution in [3.63, 3.8) is 0 Å². The van der Waals surface area contributed by atoms with Gasteiger partial charge in [0.2, 0.25) is 5.91 Å². The summed E-state index contributed by atoms with van der Waals surface area (Å²) in [7, 11) is 0. The zero-order chi connectivity index (χ0) is 18.1. The van der Waals surface area contributed by atoms with Crippen molar-refractivity contribution in [1.82, 2.24) is 14.9 Å². The van der Waals surface area contributed by atoms with Crippen LogP contribution in [-0.2, 0) is 17.9 Å². The fourth-order valence-electron chi connectivity index (χ4n) is 2.85. The molecular weight excluding hydrogens is 346 g/mol. The van der Waals surface area contributed by atoms with Crippen LogP contribution >= 0.6 is 11.3 Å². The Hall–Kier alpha value is -2.99. The van der Waals surface area contributed by atoms with Gasteiger partial charge in [-0.25, -0.2) is 4.98 Å². The van der Waals surface area contributed by atoms with E-state index >= 15 is 0 Å². The first-order chi connectivity index (χ1) is 12.6. The maximum Gasteiger partial charge on any atom is 0.271 e. The first kappa shape index (κ1) is 16.5. The molecular formula is C20H17N3O2S. The van der Waals surface area contributed by atoms with E-state index in [1.165, 1.54) is 27.8 Å². The number of nitrogens with zero attached hydrogens (tertiary/aromatic N) is 2. The molecule has 26 heavy (non-hydrogen) atoms. The van der Waals surface area contributed by atoms with E-state index in [0.717, 1.165) is 15.6 Å². The minimum atomic E-state index is -0.213. The molecule has 4 aromatic rings. The van der Waals surface area contributed by atoms with Crippen LogP contribution in [0.15, 0.2) is 59.7 Å². The summed E-state index contributed by atoms with van der Waals surface area (Å²) < 4.78 is 2.97. The van der Waals surface area contributed by atoms with E-state index < -0.39 is 0 Å². The molecule has 0 atom stereocenters. The molecule has 4 rings (SSSR count). The number of carbonyl (C=O) groups excluding carboxylic acids is 1. The van der Waals surface area contributed by atoms with Gasteiger partial charge in [-0.15, -0.1) is 11.3 Å². The van der Waals surface area contributed by atoms with Gasteiger partial charge < -0.3 is 5.32 Å². The van der Waals surface area contributed by atoms with Crippen molar-refractivity contribution in [2.75, 3.05) is 0 Å². The second kappa shape index (κ2) is 6.72. The third-order valence-electron chi connectivity index (χ3n) is 4.27. The van der Waals surface area contributed by atoms with Crippen LogP contribution in [0.3, 0.4) is 0 Å². The highest BCUT2D eigenvalue weighted by Gasteiger charge is 2.12. The average molecular weight is 363 g/mol. The molecule has 2 heterocycles. The second-order valence-electron chi connectivity index (χ2n) is 6.22. The number of rotatable bonds is 4. The first-order valence-corrected chi connectivity index (χ1v) is 9.12. The van der Waals surface area contributed by atoms with Crippen LogP contribution in [-0.4, -0.2) is 15.5 Å². The van der Waals surface area contributed by atoms with E-state index in [2.05, 4.69) is 10.3 Å². The quantitative estimate of drug-likeness (QED) is 0.605. The van der Waals surface area contributed by atoms with E-state index in [9.17, 15) is 9.59 Å². The molecule has 0 saturated carbocycles. The molecule has 0 saturated heterocycles. The van der Waals surface area contributed by atoms with E-state index in [1.54, 1.807) is 0 Å². The van der Waals surface area contributed by atoms with Crippen molar-refractivity contribution in [1.29, 1.82) is 0 Å². The fraction of sp³-hybridized carbons (Fsp3) is 0.150. The summed E-state index contributed by atoms with van der Waals surface area (Å²) in [6.07, 6.45) is 1.45. The van der Waals surface area contributed by atoms with Crippen LogP contribution in [0.5, 0.6) is 0 Å². The SMILES string of the molecule is Cc1ccc(CNC(=O)Cn2cnc3c(sc4ccccc43)c2=O)cc1. The topological polar surface area (TPSA) is 64.0 Å². The van der Waals surface area contributed by atoms with E-state index in [4.69, 9.17) is 0 Å². The summed E-state index contributed by atoms with van der Waals surface area (Å²) in [5.41, 5.74) is 2.72. The zero-order valence-corrected chi connectivity index (χ0v) is 15.0. The van der Waals surface area contributed by atoms with Crippen LogP contribution in [0.1, 0.15) is 11.1 Å². The normalized spacial score (nSPS) is 11.1. The summed E-state index contributed by atoms with van der Waals surface area (Å²) in [5.74, 6) is -0.213. The summed E-state index contributed by atoms with van der Waals surface area (Å²) in [5, 5.41) is 3.82. The molecule has 0 aliphatic rings. The number of fused-ring (bicyclic) bond motifs is 3. The molecule has 130 valence electrons. The Morgan fingerprint density at radius 1 is 1.15 bits per heavy atom. The number of aromatic nitrogens is 2. The van der Waals surface area contributed by atoms with Crippen molar-refractivity contribution in [2.45, 2.75) is 20.0 Å². The maximum absolute atomic E-state index is 12.7. The van der Waals surface area contributed by atoms with Crippen molar-refractivity contribution in [3.8, 4) is 0 Å². The van der Waals surface area contributed by atoms with Gasteiger partial charge in [0, 0.05) is 16.6 Å². The lowest BCUT2D eigenvalue weighted by atomic mass is 10.1. The number of hydrogen-bond acceptors (Lipinski definition) is 4. The zero-order valence-electron chi connectivity index (χ0n) is 14.2. The molecule has 0 bridgehead atoms. The van der Waals surface area contributed by atoms with Crippen molar-refractivity contribution < 1.29 is 4.79 Å². The van der Waals surface area contributed by atoms with Gasteiger partial charge in [-0.3, -0.25) is 14.2 Å². The predicted octanol–water partition coefficient (Wildman–Crippen LogP) is 3.24. The lowest BCUT2D eigenvalue weighted by Gasteiger charge is -2.07. The summed E-state index contributed by atoms with van der Waals surface area (Å²) in [6.45, 7) is 2.42. The number of carbonyl (C=O) groups is 1. The lowest BCUT2D eigenvalue weighted by Crippen LogP contribution is -2.31. The van der Waals surface area contributed by atoms with Gasteiger partial charge in [-0.05, 0) is 18.6 Å². The Morgan fingerprint density at radius 3 is 2.73 bits per heavy atom. The first-order valence-electron chi connectivity index (χ1n) is 8.31. The van der Waals surface area contributed by atoms with Gasteiger partial charge in [0.15, 0.2) is 0 Å². The number of benzene rings is 2. The molecule has 5 nitrogen and oxygen atoms in total. The molecule has 0 spiro atoms. The Bertz CT molecular complexity index is 1160. The maximum atomic E-state index is 12.7. The molecule has 0 unspecified atom stereocenters. The van der Waals surface area contributed by atoms with E-state index in [0.29, 0.717) is 16.8 Å². The van der Waals surface area contributed by atoms with Crippen molar-refractivity contribution >= 4 is 37.5 Å². The Labute approximate surface area is 153 Å². The van der Waals surface area contributed by atoms with Crippen molar-refractivity contribution in [3.05, 3.63) is 76.3 Å². The van der Waals surface area contributed by atoms with Gasteiger partial charge in [-0.1, -0.05) is 48.0 Å². The molecule has 0 radical (unpaired) electrons. The number of thiophene rings is 1. The summed E-state index contributed by atoms with van der Waals surface area (Å²) in [4.78, 5) is 29.3. The van der Waals surface area contributed by atoms with E-state index in [-0.39, 0.29) is 18.0 Å². The second-order valence-corrected chi connectivity index (χ2v) is 7.27. The molecule has 0 aliphatic heterocycles. The molecule has 2 aromatic carbocycles. The molecule has 2 aromatic heterocycles. The number of hydrogen-bond donors (Lipinski definition) is 1. The highest BCUT2D eigenvalue weighted by molar-refractivity contribution is 7.25. The van der Waals surface area contributed by atoms with Crippen LogP contribution in [0, 0.1) is 6.92 Å². The lowest BCUT2D eigenvalue weighted by molar-refractivity contribution is -0.121. The largest absolute Gasteiger partial charge is 0.350 e. The third kappa shape index (κ3) is 3.11. The predicted molar refractivity (Wildman–Crippen MR) is 104 cm³/mol. The molecule has 0 aliphatic carbocycles. The number of aryl methyl sites for hydroxylation is 1. The van der Waals surface area contributed by atoms with Crippen LogP contribution in [0.2, 0.25) is 0 Å².